The van der Waals surface area contributed by atoms with Gasteiger partial charge in [-0.25, -0.2) is 9.67 Å². The van der Waals surface area contributed by atoms with E-state index >= 15 is 0 Å². The first kappa shape index (κ1) is 21.0. The van der Waals surface area contributed by atoms with E-state index in [-0.39, 0.29) is 29.9 Å². The van der Waals surface area contributed by atoms with Crippen molar-refractivity contribution in [1.29, 1.82) is 0 Å². The van der Waals surface area contributed by atoms with E-state index in [0.717, 1.165) is 10.6 Å². The average Bonchev–Trinajstić information content (AvgIpc) is 3.23. The molecule has 29 heavy (non-hydrogen) atoms. The number of rotatable bonds is 5. The fourth-order valence-corrected chi connectivity index (χ4v) is 3.83. The number of carbonyl (C=O) groups excluding carboxylic acids is 2. The minimum atomic E-state index is -0.353. The molecule has 154 valence electrons. The lowest BCUT2D eigenvalue weighted by Gasteiger charge is -2.20. The van der Waals surface area contributed by atoms with E-state index in [1.807, 2.05) is 58.4 Å². The number of hydrogen-bond donors (Lipinski definition) is 2. The molecule has 0 atom stereocenters. The highest BCUT2D eigenvalue weighted by Crippen LogP contribution is 2.30. The second kappa shape index (κ2) is 7.94. The van der Waals surface area contributed by atoms with Crippen LogP contribution >= 0.6 is 11.3 Å². The van der Waals surface area contributed by atoms with Gasteiger partial charge in [-0.2, -0.15) is 5.10 Å². The molecule has 3 rings (SSSR count). The third-order valence-electron chi connectivity index (χ3n) is 4.22. The van der Waals surface area contributed by atoms with Crippen LogP contribution in [0.25, 0.3) is 21.6 Å². The van der Waals surface area contributed by atoms with Crippen LogP contribution in [-0.2, 0) is 4.79 Å². The standard InChI is InChI=1S/C21H27N5O2S/c1-12(2)26-19-15(10-23-26)14(9-16(24-19)17-8-7-13(3)29-17)20(28)22-11-18(27)25-21(4,5)6/h7-10,12H,11H2,1-6H3,(H,22,28)(H,25,27). The van der Waals surface area contributed by atoms with Gasteiger partial charge < -0.3 is 10.6 Å². The van der Waals surface area contributed by atoms with Crippen molar-refractivity contribution < 1.29 is 9.59 Å². The van der Waals surface area contributed by atoms with Crippen molar-refractivity contribution in [2.75, 3.05) is 6.54 Å². The summed E-state index contributed by atoms with van der Waals surface area (Å²) in [4.78, 5) is 32.0. The van der Waals surface area contributed by atoms with E-state index in [9.17, 15) is 9.59 Å². The van der Waals surface area contributed by atoms with Crippen molar-refractivity contribution in [2.24, 2.45) is 0 Å². The number of amides is 2. The van der Waals surface area contributed by atoms with Gasteiger partial charge in [0.05, 0.1) is 34.3 Å². The van der Waals surface area contributed by atoms with Crippen LogP contribution in [0.3, 0.4) is 0 Å². The molecule has 2 N–H and O–H groups in total. The van der Waals surface area contributed by atoms with Crippen LogP contribution < -0.4 is 10.6 Å². The number of nitrogens with one attached hydrogen (secondary N) is 2. The zero-order valence-electron chi connectivity index (χ0n) is 17.7. The molecule has 0 unspecified atom stereocenters. The monoisotopic (exact) mass is 413 g/mol. The summed E-state index contributed by atoms with van der Waals surface area (Å²) in [5.41, 5.74) is 1.50. The van der Waals surface area contributed by atoms with Gasteiger partial charge in [-0.05, 0) is 59.7 Å². The van der Waals surface area contributed by atoms with Gasteiger partial charge in [-0.15, -0.1) is 11.3 Å². The third kappa shape index (κ3) is 4.82. The van der Waals surface area contributed by atoms with Crippen molar-refractivity contribution in [3.63, 3.8) is 0 Å². The minimum absolute atomic E-state index is 0.0916. The molecule has 0 aromatic carbocycles. The zero-order chi connectivity index (χ0) is 21.3. The average molecular weight is 414 g/mol. The van der Waals surface area contributed by atoms with Gasteiger partial charge in [0.2, 0.25) is 5.91 Å². The van der Waals surface area contributed by atoms with Crippen LogP contribution in [0.2, 0.25) is 0 Å². The second-order valence-electron chi connectivity index (χ2n) is 8.37. The van der Waals surface area contributed by atoms with E-state index in [1.54, 1.807) is 23.6 Å². The van der Waals surface area contributed by atoms with Gasteiger partial charge in [-0.3, -0.25) is 9.59 Å². The highest BCUT2D eigenvalue weighted by Gasteiger charge is 2.20. The van der Waals surface area contributed by atoms with Gasteiger partial charge in [-0.1, -0.05) is 0 Å². The van der Waals surface area contributed by atoms with Crippen molar-refractivity contribution in [1.82, 2.24) is 25.4 Å². The Kier molecular flexibility index (Phi) is 5.75. The topological polar surface area (TPSA) is 88.9 Å². The van der Waals surface area contributed by atoms with Gasteiger partial charge >= 0.3 is 0 Å². The fraction of sp³-hybridized carbons (Fsp3) is 0.429. The molecule has 0 saturated heterocycles. The molecule has 0 radical (unpaired) electrons. The zero-order valence-corrected chi connectivity index (χ0v) is 18.5. The lowest BCUT2D eigenvalue weighted by Crippen LogP contribution is -2.45. The molecule has 2 amide bonds. The smallest absolute Gasteiger partial charge is 0.252 e. The molecule has 8 heteroatoms. The summed E-state index contributed by atoms with van der Waals surface area (Å²) >= 11 is 1.62. The summed E-state index contributed by atoms with van der Waals surface area (Å²) in [6, 6.07) is 5.91. The van der Waals surface area contributed by atoms with Crippen molar-refractivity contribution in [2.45, 2.75) is 53.1 Å². The van der Waals surface area contributed by atoms with Crippen LogP contribution in [0.4, 0.5) is 0 Å². The van der Waals surface area contributed by atoms with Crippen molar-refractivity contribution in [3.8, 4) is 10.6 Å². The Morgan fingerprint density at radius 1 is 1.24 bits per heavy atom. The summed E-state index contributed by atoms with van der Waals surface area (Å²) in [5, 5.41) is 10.7. The summed E-state index contributed by atoms with van der Waals surface area (Å²) in [6.07, 6.45) is 1.66. The van der Waals surface area contributed by atoms with Crippen LogP contribution in [0.15, 0.2) is 24.4 Å². The van der Waals surface area contributed by atoms with Gasteiger partial charge in [0.15, 0.2) is 5.65 Å². The number of pyridine rings is 1. The molecular formula is C21H27N5O2S. The molecule has 7 nitrogen and oxygen atoms in total. The van der Waals surface area contributed by atoms with E-state index < -0.39 is 0 Å². The number of aromatic nitrogens is 3. The highest BCUT2D eigenvalue weighted by molar-refractivity contribution is 7.15. The lowest BCUT2D eigenvalue weighted by atomic mass is 10.1. The van der Waals surface area contributed by atoms with E-state index in [1.165, 1.54) is 4.88 Å². The molecule has 3 heterocycles. The number of aryl methyl sites for hydroxylation is 1. The Morgan fingerprint density at radius 2 is 1.97 bits per heavy atom. The summed E-state index contributed by atoms with van der Waals surface area (Å²) in [7, 11) is 0. The Hall–Kier alpha value is -2.74. The molecule has 0 bridgehead atoms. The normalized spacial score (nSPS) is 11.8. The molecule has 3 aromatic heterocycles. The molecular weight excluding hydrogens is 386 g/mol. The SMILES string of the molecule is Cc1ccc(-c2cc(C(=O)NCC(=O)NC(C)(C)C)c3cnn(C(C)C)c3n2)s1. The summed E-state index contributed by atoms with van der Waals surface area (Å²) in [5.74, 6) is -0.553. The van der Waals surface area contributed by atoms with Crippen LogP contribution in [-0.4, -0.2) is 38.7 Å². The maximum absolute atomic E-state index is 12.9. The fourth-order valence-electron chi connectivity index (χ4n) is 3.00. The van der Waals surface area contributed by atoms with Crippen LogP contribution in [0.1, 0.15) is 55.9 Å². The highest BCUT2D eigenvalue weighted by atomic mass is 32.1. The maximum Gasteiger partial charge on any atom is 0.252 e. The van der Waals surface area contributed by atoms with Crippen LogP contribution in [0.5, 0.6) is 0 Å². The molecule has 0 saturated carbocycles. The van der Waals surface area contributed by atoms with Crippen molar-refractivity contribution in [3.05, 3.63) is 34.8 Å². The quantitative estimate of drug-likeness (QED) is 0.668. The maximum atomic E-state index is 12.9. The minimum Gasteiger partial charge on any atom is -0.350 e. The Bertz CT molecular complexity index is 1060. The van der Waals surface area contributed by atoms with Crippen LogP contribution in [0, 0.1) is 6.92 Å². The predicted molar refractivity (Wildman–Crippen MR) is 116 cm³/mol. The Morgan fingerprint density at radius 3 is 2.55 bits per heavy atom. The molecule has 0 aliphatic heterocycles. The molecule has 3 aromatic rings. The Labute approximate surface area is 174 Å². The summed E-state index contributed by atoms with van der Waals surface area (Å²) in [6.45, 7) is 11.7. The van der Waals surface area contributed by atoms with Crippen molar-refractivity contribution >= 4 is 34.2 Å². The first-order valence-electron chi connectivity index (χ1n) is 9.59. The molecule has 0 aliphatic carbocycles. The first-order valence-corrected chi connectivity index (χ1v) is 10.4. The van der Waals surface area contributed by atoms with E-state index in [4.69, 9.17) is 4.98 Å². The lowest BCUT2D eigenvalue weighted by molar-refractivity contribution is -0.121. The summed E-state index contributed by atoms with van der Waals surface area (Å²) < 4.78 is 1.81. The predicted octanol–water partition coefficient (Wildman–Crippen LogP) is 3.69. The van der Waals surface area contributed by atoms with E-state index in [0.29, 0.717) is 16.6 Å². The van der Waals surface area contributed by atoms with Gasteiger partial charge in [0.1, 0.15) is 0 Å². The second-order valence-corrected chi connectivity index (χ2v) is 9.65. The molecule has 0 spiro atoms. The van der Waals surface area contributed by atoms with Gasteiger partial charge in [0.25, 0.3) is 5.91 Å². The number of thiophene rings is 1. The number of nitrogens with zero attached hydrogens (tertiary/aromatic N) is 3. The first-order chi connectivity index (χ1) is 13.5. The number of carbonyl (C=O) groups is 2. The largest absolute Gasteiger partial charge is 0.350 e. The van der Waals surface area contributed by atoms with E-state index in [2.05, 4.69) is 15.7 Å². The molecule has 0 aliphatic rings. The Balaban J connectivity index is 1.97. The number of fused-ring (bicyclic) bond motifs is 1. The van der Waals surface area contributed by atoms with Gasteiger partial charge in [0, 0.05) is 16.5 Å². The third-order valence-corrected chi connectivity index (χ3v) is 5.24. The number of hydrogen-bond acceptors (Lipinski definition) is 5. The molecule has 0 fully saturated rings.